The summed E-state index contributed by atoms with van der Waals surface area (Å²) in [5.74, 6) is 0. The Kier molecular flexibility index (Phi) is 4.47. The molecule has 3 atom stereocenters. The third kappa shape index (κ3) is 3.88. The van der Waals surface area contributed by atoms with Gasteiger partial charge in [0.2, 0.25) is 0 Å². The molecule has 1 aromatic rings. The number of hydrogen-bond acceptors (Lipinski definition) is 8. The van der Waals surface area contributed by atoms with Crippen LogP contribution in [0.15, 0.2) is 15.8 Å². The topological polar surface area (TPSA) is 157 Å². The van der Waals surface area contributed by atoms with Crippen LogP contribution in [0.2, 0.25) is 0 Å². The maximum Gasteiger partial charge on any atom is 0.330 e. The molecular formula is C10H13N2O8P-2. The Morgan fingerprint density at radius 3 is 2.86 bits per heavy atom. The third-order valence-electron chi connectivity index (χ3n) is 3.06. The van der Waals surface area contributed by atoms with Crippen LogP contribution in [0.3, 0.4) is 0 Å². The maximum absolute atomic E-state index is 11.7. The standard InChI is InChI=1S/C10H15N2O8P/c1-5-3-12(10(15)11-9(5)14)8-2-6(13)7(20-8)4-19-21(16,17)18/h3,6-8,13H,2,4H2,1H3,(H,11,14,15)(H2,16,17,18)/p-2/t6-,7-,8-/m1/s1. The van der Waals surface area contributed by atoms with E-state index in [1.54, 1.807) is 0 Å². The van der Waals surface area contributed by atoms with Crippen molar-refractivity contribution in [2.45, 2.75) is 31.8 Å². The SMILES string of the molecule is Cc1cn([C@H]2C[C@@H](O)[C@@H](COP(=O)([O-])[O-])O2)c(=O)[nH]c1=O. The van der Waals surface area contributed by atoms with Crippen LogP contribution in [-0.4, -0.2) is 33.5 Å². The number of nitrogens with zero attached hydrogens (tertiary/aromatic N) is 1. The van der Waals surface area contributed by atoms with Gasteiger partial charge in [0.15, 0.2) is 0 Å². The molecular weight excluding hydrogens is 307 g/mol. The molecule has 2 rings (SSSR count). The highest BCUT2D eigenvalue weighted by atomic mass is 31.2. The molecule has 1 aliphatic rings. The highest BCUT2D eigenvalue weighted by Gasteiger charge is 2.35. The summed E-state index contributed by atoms with van der Waals surface area (Å²) >= 11 is 0. The average Bonchev–Trinajstić information content (AvgIpc) is 2.72. The van der Waals surface area contributed by atoms with Crippen molar-refractivity contribution in [3.63, 3.8) is 0 Å². The van der Waals surface area contributed by atoms with Gasteiger partial charge in [-0.3, -0.25) is 14.3 Å². The van der Waals surface area contributed by atoms with Gasteiger partial charge in [0, 0.05) is 18.2 Å². The van der Waals surface area contributed by atoms with E-state index in [2.05, 4.69) is 9.51 Å². The highest BCUT2D eigenvalue weighted by Crippen LogP contribution is 2.31. The van der Waals surface area contributed by atoms with E-state index >= 15 is 0 Å². The van der Waals surface area contributed by atoms with Crippen molar-refractivity contribution < 1.29 is 28.7 Å². The molecule has 0 aromatic carbocycles. The van der Waals surface area contributed by atoms with Crippen LogP contribution < -0.4 is 21.0 Å². The van der Waals surface area contributed by atoms with E-state index in [0.29, 0.717) is 0 Å². The lowest BCUT2D eigenvalue weighted by Crippen LogP contribution is -2.33. The van der Waals surface area contributed by atoms with E-state index < -0.39 is 44.1 Å². The third-order valence-corrected chi connectivity index (χ3v) is 3.52. The summed E-state index contributed by atoms with van der Waals surface area (Å²) in [5, 5.41) is 9.75. The van der Waals surface area contributed by atoms with Crippen molar-refractivity contribution in [3.8, 4) is 0 Å². The second kappa shape index (κ2) is 5.84. The number of aromatic amines is 1. The van der Waals surface area contributed by atoms with Gasteiger partial charge in [0.1, 0.15) is 12.3 Å². The number of phosphoric ester groups is 1. The fourth-order valence-electron chi connectivity index (χ4n) is 2.00. The number of nitrogens with one attached hydrogen (secondary N) is 1. The Balaban J connectivity index is 2.14. The summed E-state index contributed by atoms with van der Waals surface area (Å²) < 4.78 is 20.8. The van der Waals surface area contributed by atoms with Gasteiger partial charge >= 0.3 is 5.69 Å². The lowest BCUT2D eigenvalue weighted by Gasteiger charge is -2.30. The van der Waals surface area contributed by atoms with Crippen molar-refractivity contribution in [3.05, 3.63) is 32.6 Å². The monoisotopic (exact) mass is 320 g/mol. The molecule has 0 radical (unpaired) electrons. The molecule has 10 nitrogen and oxygen atoms in total. The van der Waals surface area contributed by atoms with E-state index in [4.69, 9.17) is 4.74 Å². The van der Waals surface area contributed by atoms with E-state index in [9.17, 15) is 29.0 Å². The smallest absolute Gasteiger partial charge is 0.330 e. The number of rotatable bonds is 4. The normalized spacial score (nSPS) is 26.2. The summed E-state index contributed by atoms with van der Waals surface area (Å²) in [5.41, 5.74) is -0.980. The summed E-state index contributed by atoms with van der Waals surface area (Å²) in [4.78, 5) is 45.8. The van der Waals surface area contributed by atoms with Crippen LogP contribution in [0.5, 0.6) is 0 Å². The first-order chi connectivity index (χ1) is 9.67. The number of ether oxygens (including phenoxy) is 1. The number of aliphatic hydroxyl groups is 1. The molecule has 1 fully saturated rings. The van der Waals surface area contributed by atoms with Crippen LogP contribution in [0, 0.1) is 6.92 Å². The van der Waals surface area contributed by atoms with Crippen LogP contribution >= 0.6 is 7.82 Å². The first kappa shape index (κ1) is 16.1. The van der Waals surface area contributed by atoms with E-state index in [1.165, 1.54) is 13.1 Å². The Morgan fingerprint density at radius 2 is 2.24 bits per heavy atom. The minimum Gasteiger partial charge on any atom is -0.790 e. The lowest BCUT2D eigenvalue weighted by atomic mass is 10.2. The van der Waals surface area contributed by atoms with Crippen molar-refractivity contribution in [2.24, 2.45) is 0 Å². The number of hydrogen-bond donors (Lipinski definition) is 2. The first-order valence-electron chi connectivity index (χ1n) is 5.99. The number of aromatic nitrogens is 2. The average molecular weight is 320 g/mol. The molecule has 118 valence electrons. The van der Waals surface area contributed by atoms with Gasteiger partial charge in [-0.1, -0.05) is 0 Å². The molecule has 21 heavy (non-hydrogen) atoms. The Bertz CT molecular complexity index is 676. The fourth-order valence-corrected chi connectivity index (χ4v) is 2.33. The molecule has 0 saturated carbocycles. The zero-order valence-electron chi connectivity index (χ0n) is 10.9. The molecule has 1 aliphatic heterocycles. The predicted molar refractivity (Wildman–Crippen MR) is 64.2 cm³/mol. The number of phosphoric acid groups is 1. The number of aliphatic hydroxyl groups excluding tert-OH is 1. The number of H-pyrrole nitrogens is 1. The maximum atomic E-state index is 11.7. The molecule has 1 saturated heterocycles. The van der Waals surface area contributed by atoms with Gasteiger partial charge in [-0.15, -0.1) is 0 Å². The van der Waals surface area contributed by atoms with Gasteiger partial charge in [-0.05, 0) is 6.92 Å². The number of aryl methyl sites for hydroxylation is 1. The van der Waals surface area contributed by atoms with Gasteiger partial charge in [0.25, 0.3) is 5.56 Å². The Morgan fingerprint density at radius 1 is 1.57 bits per heavy atom. The molecule has 2 N–H and O–H groups in total. The zero-order chi connectivity index (χ0) is 15.8. The molecule has 0 spiro atoms. The van der Waals surface area contributed by atoms with Crippen molar-refractivity contribution in [1.82, 2.24) is 9.55 Å². The predicted octanol–water partition coefficient (Wildman–Crippen LogP) is -2.66. The molecule has 11 heteroatoms. The molecule has 1 aromatic heterocycles. The summed E-state index contributed by atoms with van der Waals surface area (Å²) in [6.45, 7) is 0.852. The molecule has 0 unspecified atom stereocenters. The van der Waals surface area contributed by atoms with Crippen molar-refractivity contribution in [2.75, 3.05) is 6.61 Å². The van der Waals surface area contributed by atoms with E-state index in [1.807, 2.05) is 0 Å². The Labute approximate surface area is 118 Å². The van der Waals surface area contributed by atoms with Crippen molar-refractivity contribution in [1.29, 1.82) is 0 Å². The van der Waals surface area contributed by atoms with Crippen LogP contribution in [0.25, 0.3) is 0 Å². The molecule has 0 bridgehead atoms. The quantitative estimate of drug-likeness (QED) is 0.569. The zero-order valence-corrected chi connectivity index (χ0v) is 11.8. The molecule has 2 heterocycles. The Hall–Kier alpha value is -1.29. The lowest BCUT2D eigenvalue weighted by molar-refractivity contribution is -0.343. The largest absolute Gasteiger partial charge is 0.790 e. The second-order valence-corrected chi connectivity index (χ2v) is 5.81. The van der Waals surface area contributed by atoms with Crippen LogP contribution in [0.1, 0.15) is 18.2 Å². The van der Waals surface area contributed by atoms with E-state index in [-0.39, 0.29) is 12.0 Å². The highest BCUT2D eigenvalue weighted by molar-refractivity contribution is 7.43. The minimum atomic E-state index is -5.17. The molecule has 0 aliphatic carbocycles. The van der Waals surface area contributed by atoms with Crippen LogP contribution in [0.4, 0.5) is 0 Å². The van der Waals surface area contributed by atoms with Gasteiger partial charge in [-0.2, -0.15) is 0 Å². The summed E-state index contributed by atoms with van der Waals surface area (Å²) in [6.07, 6.45) is -1.81. The first-order valence-corrected chi connectivity index (χ1v) is 7.45. The van der Waals surface area contributed by atoms with Gasteiger partial charge in [-0.25, -0.2) is 4.79 Å². The van der Waals surface area contributed by atoms with Crippen molar-refractivity contribution >= 4 is 7.82 Å². The van der Waals surface area contributed by atoms with E-state index in [0.717, 1.165) is 4.57 Å². The fraction of sp³-hybridized carbons (Fsp3) is 0.600. The molecule has 0 amide bonds. The van der Waals surface area contributed by atoms with Crippen LogP contribution in [-0.2, 0) is 13.8 Å². The summed E-state index contributed by atoms with van der Waals surface area (Å²) in [7, 11) is -5.17. The minimum absolute atomic E-state index is 0.0125. The summed E-state index contributed by atoms with van der Waals surface area (Å²) in [6, 6.07) is 0. The van der Waals surface area contributed by atoms with Gasteiger partial charge < -0.3 is 28.7 Å². The van der Waals surface area contributed by atoms with Gasteiger partial charge in [0.05, 0.1) is 20.5 Å². The second-order valence-electron chi connectivity index (χ2n) is 4.65.